The largest absolute Gasteiger partial charge is 0.394 e. The first-order valence-corrected chi connectivity index (χ1v) is 6.20. The number of aromatic nitrogens is 2. The van der Waals surface area contributed by atoms with E-state index in [9.17, 15) is 9.59 Å². The van der Waals surface area contributed by atoms with Crippen LogP contribution in [0.15, 0.2) is 21.9 Å². The summed E-state index contributed by atoms with van der Waals surface area (Å²) in [4.78, 5) is 24.4. The van der Waals surface area contributed by atoms with Gasteiger partial charge in [-0.05, 0) is 12.8 Å². The van der Waals surface area contributed by atoms with Gasteiger partial charge in [0.05, 0.1) is 12.7 Å². The van der Waals surface area contributed by atoms with Crippen molar-refractivity contribution in [3.63, 3.8) is 0 Å². The molecule has 1 aliphatic heterocycles. The summed E-state index contributed by atoms with van der Waals surface area (Å²) in [6, 6.07) is 1.27. The van der Waals surface area contributed by atoms with Gasteiger partial charge in [0, 0.05) is 12.3 Å². The lowest BCUT2D eigenvalue weighted by Crippen LogP contribution is -2.31. The van der Waals surface area contributed by atoms with E-state index in [1.165, 1.54) is 23.3 Å². The molecule has 6 nitrogen and oxygen atoms in total. The van der Waals surface area contributed by atoms with Crippen LogP contribution in [0.2, 0.25) is 0 Å². The van der Waals surface area contributed by atoms with Gasteiger partial charge in [0.15, 0.2) is 0 Å². The number of aliphatic hydroxyl groups is 1. The van der Waals surface area contributed by atoms with Crippen LogP contribution in [-0.4, -0.2) is 27.4 Å². The van der Waals surface area contributed by atoms with E-state index in [0.717, 1.165) is 0 Å². The third-order valence-corrected chi connectivity index (χ3v) is 2.45. The Morgan fingerprint density at radius 1 is 1.44 bits per heavy atom. The Bertz CT molecular complexity index is 466. The van der Waals surface area contributed by atoms with Crippen molar-refractivity contribution in [3.8, 4) is 0 Å². The summed E-state index contributed by atoms with van der Waals surface area (Å²) in [7, 11) is 0. The van der Waals surface area contributed by atoms with E-state index in [-0.39, 0.29) is 18.9 Å². The molecular formula is C12H20N2O4. The Kier molecular flexibility index (Phi) is 5.80. The zero-order chi connectivity index (χ0) is 13.5. The Morgan fingerprint density at radius 2 is 2.11 bits per heavy atom. The van der Waals surface area contributed by atoms with Gasteiger partial charge in [-0.15, -0.1) is 0 Å². The summed E-state index contributed by atoms with van der Waals surface area (Å²) >= 11 is 0. The number of aliphatic hydroxyl groups excluding tert-OH is 1. The summed E-state index contributed by atoms with van der Waals surface area (Å²) in [6.45, 7) is 4.20. The van der Waals surface area contributed by atoms with E-state index in [4.69, 9.17) is 9.84 Å². The predicted octanol–water partition coefficient (Wildman–Crippen LogP) is 0.623. The van der Waals surface area contributed by atoms with Crippen molar-refractivity contribution in [2.45, 2.75) is 45.4 Å². The van der Waals surface area contributed by atoms with Gasteiger partial charge < -0.3 is 9.84 Å². The van der Waals surface area contributed by atoms with Crippen LogP contribution in [0.1, 0.15) is 39.3 Å². The molecular weight excluding hydrogens is 236 g/mol. The SMILES string of the molecule is CCC.O=c1ccn(C2CCC(CO)O2)c(=O)[nH]1. The number of hydrogen-bond acceptors (Lipinski definition) is 4. The lowest BCUT2D eigenvalue weighted by molar-refractivity contribution is -0.0246. The number of rotatable bonds is 2. The van der Waals surface area contributed by atoms with E-state index in [1.54, 1.807) is 0 Å². The number of ether oxygens (including phenoxy) is 1. The topological polar surface area (TPSA) is 84.3 Å². The lowest BCUT2D eigenvalue weighted by Gasteiger charge is -2.13. The van der Waals surface area contributed by atoms with Crippen LogP contribution in [-0.2, 0) is 4.74 Å². The molecule has 6 heteroatoms. The normalized spacial score (nSPS) is 22.4. The van der Waals surface area contributed by atoms with E-state index in [2.05, 4.69) is 18.8 Å². The van der Waals surface area contributed by atoms with Crippen LogP contribution in [0.5, 0.6) is 0 Å². The summed E-state index contributed by atoms with van der Waals surface area (Å²) in [6.07, 6.45) is 3.44. The molecule has 2 unspecified atom stereocenters. The molecule has 0 bridgehead atoms. The second-order valence-corrected chi connectivity index (χ2v) is 4.20. The first-order chi connectivity index (χ1) is 8.62. The standard InChI is InChI=1S/C9H12N2O4.C3H8/c12-5-6-1-2-8(15-6)11-4-3-7(13)10-9(11)14;1-3-2/h3-4,6,8,12H,1-2,5H2,(H,10,13,14);3H2,1-2H3. The van der Waals surface area contributed by atoms with Gasteiger partial charge in [0.25, 0.3) is 5.56 Å². The van der Waals surface area contributed by atoms with Crippen molar-refractivity contribution in [2.75, 3.05) is 6.61 Å². The molecule has 18 heavy (non-hydrogen) atoms. The molecule has 0 amide bonds. The molecule has 0 aliphatic carbocycles. The third-order valence-electron chi connectivity index (χ3n) is 2.45. The van der Waals surface area contributed by atoms with Crippen LogP contribution in [0.4, 0.5) is 0 Å². The average Bonchev–Trinajstić information content (AvgIpc) is 2.78. The summed E-state index contributed by atoms with van der Waals surface area (Å²) in [5, 5.41) is 8.87. The second-order valence-electron chi connectivity index (χ2n) is 4.20. The third kappa shape index (κ3) is 3.82. The zero-order valence-corrected chi connectivity index (χ0v) is 10.8. The van der Waals surface area contributed by atoms with Gasteiger partial charge in [0.2, 0.25) is 0 Å². The highest BCUT2D eigenvalue weighted by molar-refractivity contribution is 4.85. The minimum Gasteiger partial charge on any atom is -0.394 e. The maximum atomic E-state index is 11.4. The predicted molar refractivity (Wildman–Crippen MR) is 67.5 cm³/mol. The monoisotopic (exact) mass is 256 g/mol. The number of nitrogens with zero attached hydrogens (tertiary/aromatic N) is 1. The fourth-order valence-corrected chi connectivity index (χ4v) is 1.68. The van der Waals surface area contributed by atoms with E-state index < -0.39 is 11.2 Å². The molecule has 0 aromatic carbocycles. The van der Waals surface area contributed by atoms with Gasteiger partial charge in [-0.1, -0.05) is 20.3 Å². The smallest absolute Gasteiger partial charge is 0.330 e. The highest BCUT2D eigenvalue weighted by Gasteiger charge is 2.26. The Hall–Kier alpha value is -1.40. The molecule has 2 atom stereocenters. The lowest BCUT2D eigenvalue weighted by atomic mass is 10.2. The van der Waals surface area contributed by atoms with Crippen LogP contribution in [0.25, 0.3) is 0 Å². The summed E-state index contributed by atoms with van der Waals surface area (Å²) in [5.41, 5.74) is -0.904. The number of hydrogen-bond donors (Lipinski definition) is 2. The fraction of sp³-hybridized carbons (Fsp3) is 0.667. The molecule has 0 spiro atoms. The van der Waals surface area contributed by atoms with Gasteiger partial charge >= 0.3 is 5.69 Å². The maximum Gasteiger partial charge on any atom is 0.330 e. The van der Waals surface area contributed by atoms with Crippen molar-refractivity contribution in [1.82, 2.24) is 9.55 Å². The van der Waals surface area contributed by atoms with Crippen LogP contribution in [0, 0.1) is 0 Å². The van der Waals surface area contributed by atoms with Crippen molar-refractivity contribution < 1.29 is 9.84 Å². The quantitative estimate of drug-likeness (QED) is 0.812. The molecule has 0 saturated carbocycles. The number of aromatic amines is 1. The molecule has 1 saturated heterocycles. The minimum atomic E-state index is -0.480. The minimum absolute atomic E-state index is 0.0470. The summed E-state index contributed by atoms with van der Waals surface area (Å²) < 4.78 is 6.74. The van der Waals surface area contributed by atoms with Crippen LogP contribution in [0.3, 0.4) is 0 Å². The second kappa shape index (κ2) is 7.13. The molecule has 2 rings (SSSR count). The van der Waals surface area contributed by atoms with Crippen molar-refractivity contribution in [1.29, 1.82) is 0 Å². The molecule has 1 aromatic heterocycles. The van der Waals surface area contributed by atoms with E-state index in [1.807, 2.05) is 0 Å². The first kappa shape index (κ1) is 14.7. The van der Waals surface area contributed by atoms with Gasteiger partial charge in [-0.2, -0.15) is 0 Å². The average molecular weight is 256 g/mol. The van der Waals surface area contributed by atoms with Gasteiger partial charge in [0.1, 0.15) is 6.23 Å². The molecule has 2 heterocycles. The Balaban J connectivity index is 0.000000492. The molecule has 2 N–H and O–H groups in total. The highest BCUT2D eigenvalue weighted by Crippen LogP contribution is 2.26. The zero-order valence-electron chi connectivity index (χ0n) is 10.8. The number of nitrogens with one attached hydrogen (secondary N) is 1. The maximum absolute atomic E-state index is 11.4. The molecule has 102 valence electrons. The first-order valence-electron chi connectivity index (χ1n) is 6.20. The van der Waals surface area contributed by atoms with Crippen molar-refractivity contribution >= 4 is 0 Å². The van der Waals surface area contributed by atoms with E-state index in [0.29, 0.717) is 12.8 Å². The van der Waals surface area contributed by atoms with Crippen LogP contribution >= 0.6 is 0 Å². The van der Waals surface area contributed by atoms with Gasteiger partial charge in [-0.3, -0.25) is 14.3 Å². The molecule has 0 radical (unpaired) electrons. The Morgan fingerprint density at radius 3 is 2.61 bits per heavy atom. The molecule has 1 aromatic rings. The van der Waals surface area contributed by atoms with Crippen molar-refractivity contribution in [3.05, 3.63) is 33.1 Å². The van der Waals surface area contributed by atoms with Crippen LogP contribution < -0.4 is 11.2 Å². The summed E-state index contributed by atoms with van der Waals surface area (Å²) in [5.74, 6) is 0. The van der Waals surface area contributed by atoms with Gasteiger partial charge in [-0.25, -0.2) is 4.79 Å². The molecule has 1 aliphatic rings. The Labute approximate surface area is 105 Å². The fourth-order valence-electron chi connectivity index (χ4n) is 1.68. The van der Waals surface area contributed by atoms with Crippen molar-refractivity contribution in [2.24, 2.45) is 0 Å². The molecule has 1 fully saturated rings. The highest BCUT2D eigenvalue weighted by atomic mass is 16.5. The van der Waals surface area contributed by atoms with E-state index >= 15 is 0 Å². The number of H-pyrrole nitrogens is 1.